The molecule has 0 radical (unpaired) electrons. The molecule has 0 saturated carbocycles. The molecule has 0 aliphatic rings. The van der Waals surface area contributed by atoms with Crippen molar-refractivity contribution in [3.63, 3.8) is 0 Å². The predicted molar refractivity (Wildman–Crippen MR) is 118 cm³/mol. The SMILES string of the molecule is Cc1cc(N(C(N)=O)C(=O)c2c(Cl)cccc2Cl)ccc1Oc1ncc(C#N)cc1C. The number of amides is 3. The van der Waals surface area contributed by atoms with Crippen LogP contribution >= 0.6 is 23.2 Å². The summed E-state index contributed by atoms with van der Waals surface area (Å²) in [5.74, 6) is 0.0398. The molecule has 2 N–H and O–H groups in total. The van der Waals surface area contributed by atoms with E-state index in [1.165, 1.54) is 24.4 Å². The van der Waals surface area contributed by atoms with E-state index in [1.54, 1.807) is 38.1 Å². The molecule has 3 amide bonds. The molecule has 3 aromatic rings. The van der Waals surface area contributed by atoms with Crippen LogP contribution in [0, 0.1) is 25.2 Å². The second-order valence-corrected chi connectivity index (χ2v) is 7.40. The standard InChI is InChI=1S/C22H16Cl2N4O3/c1-12-9-15(6-7-18(12)31-20-13(2)8-14(10-25)11-27-20)28(22(26)30)21(29)19-16(23)4-3-5-17(19)24/h3-9,11H,1-2H3,(H2,26,30). The van der Waals surface area contributed by atoms with Gasteiger partial charge in [-0.25, -0.2) is 14.7 Å². The minimum absolute atomic E-state index is 0.0278. The number of aryl methyl sites for hydroxylation is 2. The first-order valence-corrected chi connectivity index (χ1v) is 9.71. The maximum Gasteiger partial charge on any atom is 0.326 e. The third kappa shape index (κ3) is 4.61. The van der Waals surface area contributed by atoms with E-state index in [0.29, 0.717) is 28.3 Å². The molecule has 2 aromatic carbocycles. The largest absolute Gasteiger partial charge is 0.438 e. The van der Waals surface area contributed by atoms with Crippen LogP contribution in [-0.4, -0.2) is 16.9 Å². The van der Waals surface area contributed by atoms with E-state index in [0.717, 1.165) is 4.90 Å². The molecule has 7 nitrogen and oxygen atoms in total. The first-order chi connectivity index (χ1) is 14.7. The van der Waals surface area contributed by atoms with Crippen molar-refractivity contribution in [1.82, 2.24) is 4.98 Å². The maximum absolute atomic E-state index is 13.0. The van der Waals surface area contributed by atoms with E-state index in [2.05, 4.69) is 4.98 Å². The number of halogens is 2. The molecular formula is C22H16Cl2N4O3. The number of urea groups is 1. The summed E-state index contributed by atoms with van der Waals surface area (Å²) in [6.45, 7) is 3.51. The zero-order valence-electron chi connectivity index (χ0n) is 16.5. The number of pyridine rings is 1. The van der Waals surface area contributed by atoms with Crippen LogP contribution < -0.4 is 15.4 Å². The average Bonchev–Trinajstić information content (AvgIpc) is 2.71. The quantitative estimate of drug-likeness (QED) is 0.567. The number of hydrogen-bond donors (Lipinski definition) is 1. The van der Waals surface area contributed by atoms with Crippen LogP contribution in [-0.2, 0) is 0 Å². The van der Waals surface area contributed by atoms with Crippen molar-refractivity contribution >= 4 is 40.8 Å². The van der Waals surface area contributed by atoms with E-state index < -0.39 is 11.9 Å². The normalized spacial score (nSPS) is 10.3. The Bertz CT molecular complexity index is 1220. The summed E-state index contributed by atoms with van der Waals surface area (Å²) in [7, 11) is 0. The van der Waals surface area contributed by atoms with Crippen molar-refractivity contribution in [1.29, 1.82) is 5.26 Å². The monoisotopic (exact) mass is 454 g/mol. The topological polar surface area (TPSA) is 109 Å². The summed E-state index contributed by atoms with van der Waals surface area (Å²) >= 11 is 12.2. The molecule has 31 heavy (non-hydrogen) atoms. The number of carbonyl (C=O) groups is 2. The number of rotatable bonds is 4. The van der Waals surface area contributed by atoms with Crippen molar-refractivity contribution in [2.24, 2.45) is 5.73 Å². The van der Waals surface area contributed by atoms with Crippen molar-refractivity contribution in [2.45, 2.75) is 13.8 Å². The van der Waals surface area contributed by atoms with Crippen LogP contribution in [0.2, 0.25) is 10.0 Å². The molecule has 1 heterocycles. The summed E-state index contributed by atoms with van der Waals surface area (Å²) in [6.07, 6.45) is 1.41. The number of nitriles is 1. The van der Waals surface area contributed by atoms with Crippen molar-refractivity contribution < 1.29 is 14.3 Å². The lowest BCUT2D eigenvalue weighted by Gasteiger charge is -2.21. The Hall–Kier alpha value is -3.60. The van der Waals surface area contributed by atoms with Crippen LogP contribution in [0.4, 0.5) is 10.5 Å². The first-order valence-electron chi connectivity index (χ1n) is 8.96. The van der Waals surface area contributed by atoms with Gasteiger partial charge in [0.1, 0.15) is 11.8 Å². The molecule has 1 aromatic heterocycles. The number of benzene rings is 2. The number of primary amides is 1. The fourth-order valence-electron chi connectivity index (χ4n) is 2.88. The van der Waals surface area contributed by atoms with Gasteiger partial charge in [0, 0.05) is 11.8 Å². The number of anilines is 1. The van der Waals surface area contributed by atoms with Crippen molar-refractivity contribution in [3.05, 3.63) is 81.0 Å². The predicted octanol–water partition coefficient (Wildman–Crippen LogP) is 5.39. The summed E-state index contributed by atoms with van der Waals surface area (Å²) in [4.78, 5) is 30.0. The fourth-order valence-corrected chi connectivity index (χ4v) is 3.44. The Balaban J connectivity index is 1.95. The smallest absolute Gasteiger partial charge is 0.326 e. The highest BCUT2D eigenvalue weighted by Gasteiger charge is 2.27. The second kappa shape index (κ2) is 9.04. The third-order valence-corrected chi connectivity index (χ3v) is 5.01. The zero-order valence-corrected chi connectivity index (χ0v) is 18.0. The molecule has 0 aliphatic heterocycles. The van der Waals surface area contributed by atoms with Gasteiger partial charge in [0.05, 0.1) is 26.9 Å². The number of ether oxygens (including phenoxy) is 1. The lowest BCUT2D eigenvalue weighted by atomic mass is 10.1. The molecule has 3 rings (SSSR count). The summed E-state index contributed by atoms with van der Waals surface area (Å²) < 4.78 is 5.84. The third-order valence-electron chi connectivity index (χ3n) is 4.38. The van der Waals surface area contributed by atoms with Crippen molar-refractivity contribution in [2.75, 3.05) is 4.90 Å². The van der Waals surface area contributed by atoms with Crippen LogP contribution in [0.3, 0.4) is 0 Å². The van der Waals surface area contributed by atoms with Gasteiger partial charge in [0.25, 0.3) is 5.91 Å². The number of imide groups is 1. The minimum Gasteiger partial charge on any atom is -0.438 e. The molecule has 0 aliphatic carbocycles. The first kappa shape index (κ1) is 22.1. The van der Waals surface area contributed by atoms with Gasteiger partial charge in [0.2, 0.25) is 5.88 Å². The molecule has 156 valence electrons. The van der Waals surface area contributed by atoms with Gasteiger partial charge in [-0.1, -0.05) is 29.3 Å². The molecule has 0 unspecified atom stereocenters. The van der Waals surface area contributed by atoms with E-state index in [1.807, 2.05) is 6.07 Å². The van der Waals surface area contributed by atoms with Gasteiger partial charge < -0.3 is 10.5 Å². The van der Waals surface area contributed by atoms with Crippen LogP contribution in [0.25, 0.3) is 0 Å². The second-order valence-electron chi connectivity index (χ2n) is 6.59. The minimum atomic E-state index is -0.987. The Labute approximate surface area is 188 Å². The fraction of sp³-hybridized carbons (Fsp3) is 0.0909. The average molecular weight is 455 g/mol. The van der Waals surface area contributed by atoms with Crippen LogP contribution in [0.5, 0.6) is 11.6 Å². The highest BCUT2D eigenvalue weighted by molar-refractivity contribution is 6.41. The van der Waals surface area contributed by atoms with Crippen LogP contribution in [0.15, 0.2) is 48.7 Å². The van der Waals surface area contributed by atoms with Gasteiger partial charge in [0.15, 0.2) is 0 Å². The number of hydrogen-bond acceptors (Lipinski definition) is 5. The number of carbonyl (C=O) groups excluding carboxylic acids is 2. The molecule has 9 heteroatoms. The highest BCUT2D eigenvalue weighted by Crippen LogP contribution is 2.32. The zero-order chi connectivity index (χ0) is 22.7. The Kier molecular flexibility index (Phi) is 6.44. The molecule has 0 fully saturated rings. The molecule has 0 bridgehead atoms. The van der Waals surface area contributed by atoms with E-state index in [9.17, 15) is 9.59 Å². The summed E-state index contributed by atoms with van der Waals surface area (Å²) in [5, 5.41) is 9.16. The Morgan fingerprint density at radius 1 is 1.10 bits per heavy atom. The molecule has 0 atom stereocenters. The molecule has 0 saturated heterocycles. The van der Waals surface area contributed by atoms with Gasteiger partial charge >= 0.3 is 6.03 Å². The maximum atomic E-state index is 13.0. The van der Waals surface area contributed by atoms with Crippen molar-refractivity contribution in [3.8, 4) is 17.7 Å². The number of nitrogens with zero attached hydrogens (tertiary/aromatic N) is 3. The molecule has 0 spiro atoms. The lowest BCUT2D eigenvalue weighted by Crippen LogP contribution is -2.41. The van der Waals surface area contributed by atoms with E-state index >= 15 is 0 Å². The summed E-state index contributed by atoms with van der Waals surface area (Å²) in [6, 6.07) is 11.9. The van der Waals surface area contributed by atoms with E-state index in [4.69, 9.17) is 38.9 Å². The van der Waals surface area contributed by atoms with Gasteiger partial charge in [-0.05, 0) is 55.8 Å². The lowest BCUT2D eigenvalue weighted by molar-refractivity contribution is 0.0995. The van der Waals surface area contributed by atoms with Crippen LogP contribution in [0.1, 0.15) is 27.0 Å². The number of aromatic nitrogens is 1. The Morgan fingerprint density at radius 3 is 2.32 bits per heavy atom. The Morgan fingerprint density at radius 2 is 1.77 bits per heavy atom. The van der Waals surface area contributed by atoms with Gasteiger partial charge in [-0.15, -0.1) is 0 Å². The highest BCUT2D eigenvalue weighted by atomic mass is 35.5. The molecular weight excluding hydrogens is 439 g/mol. The van der Waals surface area contributed by atoms with Gasteiger partial charge in [-0.2, -0.15) is 5.26 Å². The van der Waals surface area contributed by atoms with E-state index in [-0.39, 0.29) is 21.3 Å². The van der Waals surface area contributed by atoms with Gasteiger partial charge in [-0.3, -0.25) is 4.79 Å². The number of nitrogens with two attached hydrogens (primary N) is 1. The summed E-state index contributed by atoms with van der Waals surface area (Å²) in [5.41, 5.74) is 7.40.